The first-order valence-electron chi connectivity index (χ1n) is 8.32. The van der Waals surface area contributed by atoms with Crippen molar-refractivity contribution in [1.82, 2.24) is 19.5 Å². The van der Waals surface area contributed by atoms with Gasteiger partial charge >= 0.3 is 0 Å². The number of aromatic amines is 1. The monoisotopic (exact) mass is 314 g/mol. The number of amides is 1. The number of carbonyl (C=O) groups is 1. The van der Waals surface area contributed by atoms with Crippen molar-refractivity contribution in [2.75, 3.05) is 0 Å². The normalized spacial score (nSPS) is 19.1. The van der Waals surface area contributed by atoms with Crippen molar-refractivity contribution in [2.24, 2.45) is 0 Å². The Kier molecular flexibility index (Phi) is 2.95. The third kappa shape index (κ3) is 2.11. The standard InChI is InChI=1S/C17H22N4O2/c1-17(2,3)12-8-13-18-14-11(15(22)21(13)19-12)9-20(16(14)23)10-6-4-5-7-10/h8,10,19H,4-7,9H2,1-3H3. The van der Waals surface area contributed by atoms with E-state index in [1.165, 1.54) is 4.52 Å². The van der Waals surface area contributed by atoms with Crippen LogP contribution in [0.1, 0.15) is 68.2 Å². The molecule has 1 N–H and O–H groups in total. The molecule has 1 aliphatic carbocycles. The number of hydrogen-bond donors (Lipinski definition) is 1. The van der Waals surface area contributed by atoms with Crippen LogP contribution in [0.2, 0.25) is 0 Å². The number of nitrogens with one attached hydrogen (secondary N) is 1. The van der Waals surface area contributed by atoms with E-state index in [0.29, 0.717) is 23.4 Å². The highest BCUT2D eigenvalue weighted by Gasteiger charge is 2.37. The predicted molar refractivity (Wildman–Crippen MR) is 86.6 cm³/mol. The molecule has 2 aliphatic rings. The number of hydrogen-bond acceptors (Lipinski definition) is 3. The van der Waals surface area contributed by atoms with Gasteiger partial charge in [-0.3, -0.25) is 14.7 Å². The van der Waals surface area contributed by atoms with Crippen LogP contribution in [0, 0.1) is 0 Å². The second kappa shape index (κ2) is 4.69. The van der Waals surface area contributed by atoms with Crippen LogP contribution >= 0.6 is 0 Å². The molecule has 4 rings (SSSR count). The van der Waals surface area contributed by atoms with Crippen molar-refractivity contribution in [3.8, 4) is 0 Å². The molecule has 1 fully saturated rings. The fraction of sp³-hybridized carbons (Fsp3) is 0.588. The average molecular weight is 314 g/mol. The lowest BCUT2D eigenvalue weighted by Crippen LogP contribution is -2.33. The molecule has 0 atom stereocenters. The van der Waals surface area contributed by atoms with E-state index < -0.39 is 0 Å². The summed E-state index contributed by atoms with van der Waals surface area (Å²) < 4.78 is 1.48. The van der Waals surface area contributed by atoms with Crippen molar-refractivity contribution in [3.05, 3.63) is 33.4 Å². The van der Waals surface area contributed by atoms with Crippen LogP contribution in [0.3, 0.4) is 0 Å². The maximum atomic E-state index is 12.8. The number of carbonyl (C=O) groups excluding carboxylic acids is 1. The van der Waals surface area contributed by atoms with E-state index in [9.17, 15) is 9.59 Å². The van der Waals surface area contributed by atoms with Gasteiger partial charge in [0.1, 0.15) is 5.69 Å². The highest BCUT2D eigenvalue weighted by molar-refractivity contribution is 5.97. The van der Waals surface area contributed by atoms with Gasteiger partial charge in [0, 0.05) is 23.2 Å². The molecule has 1 aliphatic heterocycles. The van der Waals surface area contributed by atoms with Gasteiger partial charge in [0.2, 0.25) is 0 Å². The highest BCUT2D eigenvalue weighted by Crippen LogP contribution is 2.30. The Balaban J connectivity index is 1.82. The van der Waals surface area contributed by atoms with E-state index >= 15 is 0 Å². The molecular weight excluding hydrogens is 292 g/mol. The number of fused-ring (bicyclic) bond motifs is 2. The molecule has 0 spiro atoms. The summed E-state index contributed by atoms with van der Waals surface area (Å²) in [5.41, 5.74) is 2.09. The van der Waals surface area contributed by atoms with Crippen LogP contribution in [-0.4, -0.2) is 31.4 Å². The van der Waals surface area contributed by atoms with Gasteiger partial charge in [-0.1, -0.05) is 33.6 Å². The maximum absolute atomic E-state index is 12.8. The summed E-state index contributed by atoms with van der Waals surface area (Å²) in [4.78, 5) is 31.8. The van der Waals surface area contributed by atoms with Gasteiger partial charge in [0.15, 0.2) is 5.65 Å². The molecule has 2 aromatic heterocycles. The SMILES string of the molecule is CC(C)(C)c1cc2nc3c(c(=O)n2[nH]1)CN(C1CCCC1)C3=O. The van der Waals surface area contributed by atoms with Crippen LogP contribution in [0.5, 0.6) is 0 Å². The zero-order valence-electron chi connectivity index (χ0n) is 13.8. The van der Waals surface area contributed by atoms with E-state index in [2.05, 4.69) is 30.9 Å². The molecule has 0 aromatic carbocycles. The first-order chi connectivity index (χ1) is 10.9. The number of aromatic nitrogens is 3. The van der Waals surface area contributed by atoms with Gasteiger partial charge in [0.25, 0.3) is 11.5 Å². The highest BCUT2D eigenvalue weighted by atomic mass is 16.2. The van der Waals surface area contributed by atoms with E-state index in [1.807, 2.05) is 11.0 Å². The van der Waals surface area contributed by atoms with Crippen LogP contribution in [0.25, 0.3) is 5.65 Å². The van der Waals surface area contributed by atoms with Gasteiger partial charge < -0.3 is 4.90 Å². The Labute approximate surface area is 134 Å². The Hall–Kier alpha value is -2.11. The Morgan fingerprint density at radius 2 is 1.91 bits per heavy atom. The Morgan fingerprint density at radius 1 is 1.22 bits per heavy atom. The molecule has 6 nitrogen and oxygen atoms in total. The molecule has 2 aromatic rings. The van der Waals surface area contributed by atoms with Crippen molar-refractivity contribution in [3.63, 3.8) is 0 Å². The minimum Gasteiger partial charge on any atom is -0.330 e. The molecule has 23 heavy (non-hydrogen) atoms. The minimum absolute atomic E-state index is 0.0787. The summed E-state index contributed by atoms with van der Waals surface area (Å²) in [5.74, 6) is -0.0787. The second-order valence-corrected chi connectivity index (χ2v) is 7.73. The van der Waals surface area contributed by atoms with Crippen LogP contribution in [-0.2, 0) is 12.0 Å². The molecule has 0 saturated heterocycles. The summed E-state index contributed by atoms with van der Waals surface area (Å²) in [5, 5.41) is 3.14. The fourth-order valence-corrected chi connectivity index (χ4v) is 3.65. The van der Waals surface area contributed by atoms with Crippen molar-refractivity contribution in [1.29, 1.82) is 0 Å². The Morgan fingerprint density at radius 3 is 2.57 bits per heavy atom. The molecule has 1 saturated carbocycles. The molecule has 122 valence electrons. The molecular formula is C17H22N4O2. The lowest BCUT2D eigenvalue weighted by Gasteiger charge is -2.22. The summed E-state index contributed by atoms with van der Waals surface area (Å²) in [6, 6.07) is 2.14. The predicted octanol–water partition coefficient (Wildman–Crippen LogP) is 2.22. The third-order valence-corrected chi connectivity index (χ3v) is 5.07. The van der Waals surface area contributed by atoms with E-state index in [1.54, 1.807) is 0 Å². The van der Waals surface area contributed by atoms with Gasteiger partial charge in [-0.05, 0) is 12.8 Å². The molecule has 0 unspecified atom stereocenters. The summed E-state index contributed by atoms with van der Waals surface area (Å²) in [6.07, 6.45) is 4.39. The first kappa shape index (κ1) is 14.5. The first-order valence-corrected chi connectivity index (χ1v) is 8.32. The lowest BCUT2D eigenvalue weighted by molar-refractivity contribution is 0.0703. The number of rotatable bonds is 1. The summed E-state index contributed by atoms with van der Waals surface area (Å²) in [6.45, 7) is 6.62. The zero-order valence-corrected chi connectivity index (χ0v) is 13.8. The van der Waals surface area contributed by atoms with E-state index in [-0.39, 0.29) is 22.9 Å². The summed E-state index contributed by atoms with van der Waals surface area (Å²) >= 11 is 0. The smallest absolute Gasteiger partial charge is 0.278 e. The van der Waals surface area contributed by atoms with Gasteiger partial charge in [-0.25, -0.2) is 9.50 Å². The average Bonchev–Trinajstić information content (AvgIpc) is 3.18. The van der Waals surface area contributed by atoms with Crippen molar-refractivity contribution >= 4 is 11.6 Å². The van der Waals surface area contributed by atoms with Crippen LogP contribution in [0.4, 0.5) is 0 Å². The quantitative estimate of drug-likeness (QED) is 0.877. The Bertz CT molecular complexity index is 850. The maximum Gasteiger partial charge on any atom is 0.278 e. The number of nitrogens with zero attached hydrogens (tertiary/aromatic N) is 3. The molecule has 1 amide bonds. The third-order valence-electron chi connectivity index (χ3n) is 5.07. The van der Waals surface area contributed by atoms with Gasteiger partial charge in [-0.2, -0.15) is 0 Å². The topological polar surface area (TPSA) is 70.5 Å². The van der Waals surface area contributed by atoms with Crippen LogP contribution < -0.4 is 5.56 Å². The second-order valence-electron chi connectivity index (χ2n) is 7.73. The number of H-pyrrole nitrogens is 1. The van der Waals surface area contributed by atoms with E-state index in [4.69, 9.17) is 0 Å². The molecule has 3 heterocycles. The zero-order chi connectivity index (χ0) is 16.4. The fourth-order valence-electron chi connectivity index (χ4n) is 3.65. The minimum atomic E-state index is -0.144. The van der Waals surface area contributed by atoms with Gasteiger partial charge in [-0.15, -0.1) is 0 Å². The lowest BCUT2D eigenvalue weighted by atomic mass is 9.93. The van der Waals surface area contributed by atoms with Crippen LogP contribution in [0.15, 0.2) is 10.9 Å². The molecule has 0 bridgehead atoms. The van der Waals surface area contributed by atoms with Gasteiger partial charge in [0.05, 0.1) is 12.1 Å². The van der Waals surface area contributed by atoms with Crippen molar-refractivity contribution < 1.29 is 4.79 Å². The largest absolute Gasteiger partial charge is 0.330 e. The summed E-state index contributed by atoms with van der Waals surface area (Å²) in [7, 11) is 0. The molecule has 0 radical (unpaired) electrons. The van der Waals surface area contributed by atoms with Crippen molar-refractivity contribution in [2.45, 2.75) is 64.5 Å². The van der Waals surface area contributed by atoms with E-state index in [0.717, 1.165) is 31.4 Å². The molecule has 6 heteroatoms.